The standard InChI is InChI=1S/C16H16N4O/c1-2-21-14-7-4-8-18-16(14)20-10-9-19-15(20)12-5-3-6-13(17)11-12/h3-11H,2,17H2,1H3. The summed E-state index contributed by atoms with van der Waals surface area (Å²) in [6, 6.07) is 11.4. The summed E-state index contributed by atoms with van der Waals surface area (Å²) in [4.78, 5) is 8.83. The zero-order valence-electron chi connectivity index (χ0n) is 11.7. The van der Waals surface area contributed by atoms with Gasteiger partial charge in [-0.1, -0.05) is 12.1 Å². The third-order valence-electron chi connectivity index (χ3n) is 3.06. The molecule has 0 bridgehead atoms. The van der Waals surface area contributed by atoms with Gasteiger partial charge in [-0.2, -0.15) is 0 Å². The van der Waals surface area contributed by atoms with E-state index in [2.05, 4.69) is 9.97 Å². The third kappa shape index (κ3) is 2.58. The predicted octanol–water partition coefficient (Wildman–Crippen LogP) is 2.92. The fraction of sp³-hybridized carbons (Fsp3) is 0.125. The van der Waals surface area contributed by atoms with Crippen LogP contribution in [0.5, 0.6) is 5.75 Å². The Morgan fingerprint density at radius 1 is 1.14 bits per heavy atom. The third-order valence-corrected chi connectivity index (χ3v) is 3.06. The molecule has 5 nitrogen and oxygen atoms in total. The molecule has 0 aliphatic rings. The Morgan fingerprint density at radius 3 is 2.86 bits per heavy atom. The van der Waals surface area contributed by atoms with Crippen molar-refractivity contribution in [2.24, 2.45) is 0 Å². The number of hydrogen-bond donors (Lipinski definition) is 1. The summed E-state index contributed by atoms with van der Waals surface area (Å²) < 4.78 is 7.54. The number of nitrogens with zero attached hydrogens (tertiary/aromatic N) is 3. The van der Waals surface area contributed by atoms with E-state index in [0.717, 1.165) is 17.1 Å². The number of nitrogen functional groups attached to an aromatic ring is 1. The lowest BCUT2D eigenvalue weighted by Gasteiger charge is -2.12. The van der Waals surface area contributed by atoms with Gasteiger partial charge in [0, 0.05) is 29.8 Å². The SMILES string of the molecule is CCOc1cccnc1-n1ccnc1-c1cccc(N)c1. The molecule has 2 heterocycles. The molecule has 21 heavy (non-hydrogen) atoms. The number of imidazole rings is 1. The molecule has 2 N–H and O–H groups in total. The molecule has 5 heteroatoms. The van der Waals surface area contributed by atoms with Gasteiger partial charge in [-0.25, -0.2) is 9.97 Å². The summed E-state index contributed by atoms with van der Waals surface area (Å²) in [6.45, 7) is 2.53. The van der Waals surface area contributed by atoms with E-state index < -0.39 is 0 Å². The summed E-state index contributed by atoms with van der Waals surface area (Å²) in [5.41, 5.74) is 7.49. The second-order valence-electron chi connectivity index (χ2n) is 4.50. The average Bonchev–Trinajstić information content (AvgIpc) is 2.97. The smallest absolute Gasteiger partial charge is 0.181 e. The minimum Gasteiger partial charge on any atom is -0.490 e. The number of nitrogens with two attached hydrogens (primary N) is 1. The van der Waals surface area contributed by atoms with Gasteiger partial charge in [0.1, 0.15) is 5.82 Å². The van der Waals surface area contributed by atoms with Crippen molar-refractivity contribution in [3.8, 4) is 23.0 Å². The molecular weight excluding hydrogens is 264 g/mol. The molecule has 2 aromatic heterocycles. The van der Waals surface area contributed by atoms with Gasteiger partial charge in [0.2, 0.25) is 0 Å². The molecule has 0 unspecified atom stereocenters. The first kappa shape index (κ1) is 13.2. The van der Waals surface area contributed by atoms with E-state index in [1.807, 2.05) is 54.1 Å². The first-order valence-electron chi connectivity index (χ1n) is 6.77. The zero-order chi connectivity index (χ0) is 14.7. The van der Waals surface area contributed by atoms with Crippen molar-refractivity contribution in [3.63, 3.8) is 0 Å². The fourth-order valence-corrected chi connectivity index (χ4v) is 2.20. The van der Waals surface area contributed by atoms with Crippen molar-refractivity contribution in [3.05, 3.63) is 55.0 Å². The van der Waals surface area contributed by atoms with Crippen molar-refractivity contribution in [1.29, 1.82) is 0 Å². The molecule has 106 valence electrons. The van der Waals surface area contributed by atoms with E-state index >= 15 is 0 Å². The Balaban J connectivity index is 2.11. The summed E-state index contributed by atoms with van der Waals surface area (Å²) in [5.74, 6) is 2.22. The lowest BCUT2D eigenvalue weighted by molar-refractivity contribution is 0.337. The molecule has 0 amide bonds. The lowest BCUT2D eigenvalue weighted by Crippen LogP contribution is -2.03. The van der Waals surface area contributed by atoms with Crippen molar-refractivity contribution in [2.45, 2.75) is 6.92 Å². The molecule has 0 spiro atoms. The monoisotopic (exact) mass is 280 g/mol. The van der Waals surface area contributed by atoms with Gasteiger partial charge in [-0.05, 0) is 31.2 Å². The second-order valence-corrected chi connectivity index (χ2v) is 4.50. The summed E-state index contributed by atoms with van der Waals surface area (Å²) in [6.07, 6.45) is 5.34. The van der Waals surface area contributed by atoms with Gasteiger partial charge in [0.25, 0.3) is 0 Å². The minimum atomic E-state index is 0.584. The number of pyridine rings is 1. The van der Waals surface area contributed by atoms with Crippen molar-refractivity contribution in [2.75, 3.05) is 12.3 Å². The van der Waals surface area contributed by atoms with Gasteiger partial charge in [0.15, 0.2) is 11.6 Å². The van der Waals surface area contributed by atoms with Crippen LogP contribution in [0.1, 0.15) is 6.92 Å². The van der Waals surface area contributed by atoms with E-state index in [1.165, 1.54) is 0 Å². The van der Waals surface area contributed by atoms with E-state index in [4.69, 9.17) is 10.5 Å². The highest BCUT2D eigenvalue weighted by atomic mass is 16.5. The van der Waals surface area contributed by atoms with Crippen LogP contribution in [0.4, 0.5) is 5.69 Å². The summed E-state index contributed by atoms with van der Waals surface area (Å²) in [5, 5.41) is 0. The summed E-state index contributed by atoms with van der Waals surface area (Å²) >= 11 is 0. The fourth-order valence-electron chi connectivity index (χ4n) is 2.20. The van der Waals surface area contributed by atoms with Gasteiger partial charge in [-0.3, -0.25) is 4.57 Å². The Labute approximate surface area is 123 Å². The molecule has 0 saturated heterocycles. The Morgan fingerprint density at radius 2 is 2.05 bits per heavy atom. The highest BCUT2D eigenvalue weighted by molar-refractivity contribution is 5.63. The van der Waals surface area contributed by atoms with E-state index in [1.54, 1.807) is 12.4 Å². The Hall–Kier alpha value is -2.82. The molecule has 3 aromatic rings. The van der Waals surface area contributed by atoms with Gasteiger partial charge in [0.05, 0.1) is 6.61 Å². The number of anilines is 1. The van der Waals surface area contributed by atoms with Crippen LogP contribution in [0.15, 0.2) is 55.0 Å². The maximum atomic E-state index is 5.85. The molecule has 0 aliphatic carbocycles. The van der Waals surface area contributed by atoms with Crippen LogP contribution in [0, 0.1) is 0 Å². The molecule has 0 aliphatic heterocycles. The van der Waals surface area contributed by atoms with Gasteiger partial charge >= 0.3 is 0 Å². The number of ether oxygens (including phenoxy) is 1. The second kappa shape index (κ2) is 5.66. The largest absolute Gasteiger partial charge is 0.490 e. The Bertz CT molecular complexity index is 751. The lowest BCUT2D eigenvalue weighted by atomic mass is 10.2. The number of aromatic nitrogens is 3. The quantitative estimate of drug-likeness (QED) is 0.746. The van der Waals surface area contributed by atoms with Crippen molar-refractivity contribution < 1.29 is 4.74 Å². The minimum absolute atomic E-state index is 0.584. The highest BCUT2D eigenvalue weighted by Crippen LogP contribution is 2.26. The normalized spacial score (nSPS) is 10.5. The van der Waals surface area contributed by atoms with Crippen LogP contribution in [-0.4, -0.2) is 21.1 Å². The number of rotatable bonds is 4. The predicted molar refractivity (Wildman–Crippen MR) is 82.4 cm³/mol. The van der Waals surface area contributed by atoms with Crippen molar-refractivity contribution in [1.82, 2.24) is 14.5 Å². The van der Waals surface area contributed by atoms with Crippen LogP contribution in [0.2, 0.25) is 0 Å². The summed E-state index contributed by atoms with van der Waals surface area (Å²) in [7, 11) is 0. The van der Waals surface area contributed by atoms with Crippen LogP contribution in [0.25, 0.3) is 17.2 Å². The first-order valence-corrected chi connectivity index (χ1v) is 6.77. The molecular formula is C16H16N4O. The zero-order valence-corrected chi connectivity index (χ0v) is 11.7. The maximum Gasteiger partial charge on any atom is 0.181 e. The molecule has 0 atom stereocenters. The number of benzene rings is 1. The topological polar surface area (TPSA) is 66.0 Å². The van der Waals surface area contributed by atoms with Crippen LogP contribution < -0.4 is 10.5 Å². The van der Waals surface area contributed by atoms with E-state index in [-0.39, 0.29) is 0 Å². The average molecular weight is 280 g/mol. The molecule has 0 saturated carbocycles. The molecule has 1 aromatic carbocycles. The Kier molecular flexibility index (Phi) is 3.55. The molecule has 3 rings (SSSR count). The first-order chi connectivity index (χ1) is 10.3. The highest BCUT2D eigenvalue weighted by Gasteiger charge is 2.12. The number of hydrogen-bond acceptors (Lipinski definition) is 4. The van der Waals surface area contributed by atoms with Gasteiger partial charge < -0.3 is 10.5 Å². The van der Waals surface area contributed by atoms with E-state index in [9.17, 15) is 0 Å². The van der Waals surface area contributed by atoms with Crippen molar-refractivity contribution >= 4 is 5.69 Å². The molecule has 0 fully saturated rings. The van der Waals surface area contributed by atoms with Gasteiger partial charge in [-0.15, -0.1) is 0 Å². The van der Waals surface area contributed by atoms with Crippen LogP contribution in [0.3, 0.4) is 0 Å². The van der Waals surface area contributed by atoms with E-state index in [0.29, 0.717) is 18.1 Å². The maximum absolute atomic E-state index is 5.85. The van der Waals surface area contributed by atoms with Crippen LogP contribution in [-0.2, 0) is 0 Å². The van der Waals surface area contributed by atoms with Crippen LogP contribution >= 0.6 is 0 Å². The molecule has 0 radical (unpaired) electrons.